The summed E-state index contributed by atoms with van der Waals surface area (Å²) in [5, 5.41) is 0.777. The van der Waals surface area contributed by atoms with Crippen molar-refractivity contribution in [1.82, 2.24) is 9.88 Å². The van der Waals surface area contributed by atoms with Crippen molar-refractivity contribution in [2.24, 2.45) is 0 Å². The Labute approximate surface area is 158 Å². The highest BCUT2D eigenvalue weighted by atomic mass is 35.5. The fourth-order valence-electron chi connectivity index (χ4n) is 2.47. The number of carbonyl (C=O) groups is 1. The summed E-state index contributed by atoms with van der Waals surface area (Å²) in [6.07, 6.45) is 0.393. The fourth-order valence-corrected chi connectivity index (χ4v) is 3.48. The molecule has 3 rings (SSSR count). The van der Waals surface area contributed by atoms with Gasteiger partial charge in [-0.25, -0.2) is 4.98 Å². The van der Waals surface area contributed by atoms with Crippen LogP contribution >= 0.6 is 23.7 Å². The molecular formula is C19H22ClN3OS. The van der Waals surface area contributed by atoms with E-state index in [0.29, 0.717) is 13.0 Å². The molecule has 25 heavy (non-hydrogen) atoms. The Kier molecular flexibility index (Phi) is 6.93. The molecule has 1 amide bonds. The number of para-hydroxylation sites is 1. The van der Waals surface area contributed by atoms with E-state index in [2.05, 4.69) is 9.88 Å². The lowest BCUT2D eigenvalue weighted by Crippen LogP contribution is -2.37. The Morgan fingerprint density at radius 3 is 2.36 bits per heavy atom. The van der Waals surface area contributed by atoms with E-state index in [0.717, 1.165) is 27.5 Å². The zero-order valence-electron chi connectivity index (χ0n) is 14.4. The number of amides is 1. The molecule has 0 fully saturated rings. The van der Waals surface area contributed by atoms with Crippen LogP contribution in [0, 0.1) is 0 Å². The minimum Gasteiger partial charge on any atom is -0.308 e. The number of likely N-dealkylation sites (N-methyl/N-ethyl adjacent to an activating group) is 1. The number of aromatic nitrogens is 1. The summed E-state index contributed by atoms with van der Waals surface area (Å²) in [6, 6.07) is 17.9. The fraction of sp³-hybridized carbons (Fsp3) is 0.263. The van der Waals surface area contributed by atoms with Gasteiger partial charge >= 0.3 is 0 Å². The molecule has 0 aliphatic carbocycles. The minimum absolute atomic E-state index is 0. The number of carbonyl (C=O) groups excluding carboxylic acids is 1. The second-order valence-electron chi connectivity index (χ2n) is 5.98. The number of halogens is 1. The van der Waals surface area contributed by atoms with Gasteiger partial charge in [-0.15, -0.1) is 12.4 Å². The van der Waals surface area contributed by atoms with Crippen molar-refractivity contribution in [1.29, 1.82) is 0 Å². The summed E-state index contributed by atoms with van der Waals surface area (Å²) in [6.45, 7) is 1.44. The van der Waals surface area contributed by atoms with Gasteiger partial charge in [-0.2, -0.15) is 0 Å². The standard InChI is InChI=1S/C19H21N3OS.ClH/c1-21(2)12-13-22(18(23)14-15-8-4-3-5-9-15)19-20-16-10-6-7-11-17(16)24-19;/h3-11H,12-14H2,1-2H3;1H. The number of rotatable bonds is 6. The predicted octanol–water partition coefficient (Wildman–Crippen LogP) is 3.86. The van der Waals surface area contributed by atoms with Crippen molar-refractivity contribution in [2.75, 3.05) is 32.1 Å². The molecule has 0 spiro atoms. The largest absolute Gasteiger partial charge is 0.308 e. The SMILES string of the molecule is CN(C)CCN(C(=O)Cc1ccccc1)c1nc2ccccc2s1.Cl. The van der Waals surface area contributed by atoms with Gasteiger partial charge in [0.1, 0.15) is 0 Å². The molecule has 0 radical (unpaired) electrons. The Bertz CT molecular complexity index is 787. The third-order valence-corrected chi connectivity index (χ3v) is 4.84. The van der Waals surface area contributed by atoms with Crippen LogP contribution in [-0.2, 0) is 11.2 Å². The zero-order chi connectivity index (χ0) is 16.9. The molecular weight excluding hydrogens is 354 g/mol. The van der Waals surface area contributed by atoms with Crippen LogP contribution in [0.3, 0.4) is 0 Å². The Balaban J connectivity index is 0.00000225. The van der Waals surface area contributed by atoms with Crippen molar-refractivity contribution in [3.63, 3.8) is 0 Å². The summed E-state index contributed by atoms with van der Waals surface area (Å²) < 4.78 is 1.11. The van der Waals surface area contributed by atoms with E-state index in [4.69, 9.17) is 0 Å². The molecule has 6 heteroatoms. The number of hydrogen-bond donors (Lipinski definition) is 0. The van der Waals surface area contributed by atoms with Crippen molar-refractivity contribution >= 4 is 45.0 Å². The molecule has 1 aromatic heterocycles. The maximum Gasteiger partial charge on any atom is 0.233 e. The van der Waals surface area contributed by atoms with Crippen molar-refractivity contribution in [2.45, 2.75) is 6.42 Å². The summed E-state index contributed by atoms with van der Waals surface area (Å²) in [7, 11) is 4.02. The summed E-state index contributed by atoms with van der Waals surface area (Å²) >= 11 is 1.57. The van der Waals surface area contributed by atoms with Crippen LogP contribution in [0.2, 0.25) is 0 Å². The van der Waals surface area contributed by atoms with Gasteiger partial charge in [-0.3, -0.25) is 9.69 Å². The maximum atomic E-state index is 12.9. The average Bonchev–Trinajstić information content (AvgIpc) is 2.99. The van der Waals surface area contributed by atoms with E-state index in [-0.39, 0.29) is 18.3 Å². The Hall–Kier alpha value is -1.95. The molecule has 0 saturated heterocycles. The van der Waals surface area contributed by atoms with Crippen LogP contribution in [-0.4, -0.2) is 43.0 Å². The van der Waals surface area contributed by atoms with Crippen LogP contribution < -0.4 is 4.90 Å². The first-order valence-electron chi connectivity index (χ1n) is 7.98. The number of anilines is 1. The van der Waals surface area contributed by atoms with E-state index >= 15 is 0 Å². The topological polar surface area (TPSA) is 36.4 Å². The summed E-state index contributed by atoms with van der Waals surface area (Å²) in [4.78, 5) is 21.4. The first kappa shape index (κ1) is 19.4. The monoisotopic (exact) mass is 375 g/mol. The lowest BCUT2D eigenvalue weighted by molar-refractivity contribution is -0.118. The second-order valence-corrected chi connectivity index (χ2v) is 6.98. The van der Waals surface area contributed by atoms with Crippen molar-refractivity contribution in [3.05, 3.63) is 60.2 Å². The second kappa shape index (κ2) is 8.94. The number of thiazole rings is 1. The highest BCUT2D eigenvalue weighted by molar-refractivity contribution is 7.22. The van der Waals surface area contributed by atoms with Crippen LogP contribution in [0.5, 0.6) is 0 Å². The molecule has 1 heterocycles. The van der Waals surface area contributed by atoms with Crippen LogP contribution in [0.4, 0.5) is 5.13 Å². The number of benzene rings is 2. The van der Waals surface area contributed by atoms with E-state index in [1.165, 1.54) is 0 Å². The van der Waals surface area contributed by atoms with E-state index in [1.807, 2.05) is 73.6 Å². The molecule has 4 nitrogen and oxygen atoms in total. The molecule has 0 saturated carbocycles. The summed E-state index contributed by atoms with van der Waals surface area (Å²) in [5.74, 6) is 0.0853. The molecule has 132 valence electrons. The molecule has 3 aromatic rings. The summed E-state index contributed by atoms with van der Waals surface area (Å²) in [5.41, 5.74) is 1.97. The molecule has 0 aliphatic heterocycles. The first-order chi connectivity index (χ1) is 11.6. The van der Waals surface area contributed by atoms with Gasteiger partial charge in [0.05, 0.1) is 16.6 Å². The lowest BCUT2D eigenvalue weighted by atomic mass is 10.1. The molecule has 0 aliphatic rings. The smallest absolute Gasteiger partial charge is 0.233 e. The van der Waals surface area contributed by atoms with E-state index in [1.54, 1.807) is 11.3 Å². The van der Waals surface area contributed by atoms with Gasteiger partial charge in [0.2, 0.25) is 5.91 Å². The predicted molar refractivity (Wildman–Crippen MR) is 108 cm³/mol. The number of nitrogens with zero attached hydrogens (tertiary/aromatic N) is 3. The van der Waals surface area contributed by atoms with E-state index < -0.39 is 0 Å². The highest BCUT2D eigenvalue weighted by Gasteiger charge is 2.20. The number of hydrogen-bond acceptors (Lipinski definition) is 4. The van der Waals surface area contributed by atoms with Crippen LogP contribution in [0.1, 0.15) is 5.56 Å². The third-order valence-electron chi connectivity index (χ3n) is 3.78. The van der Waals surface area contributed by atoms with Gasteiger partial charge in [0.15, 0.2) is 5.13 Å². The van der Waals surface area contributed by atoms with Crippen molar-refractivity contribution < 1.29 is 4.79 Å². The van der Waals surface area contributed by atoms with Gasteiger partial charge in [-0.1, -0.05) is 53.8 Å². The minimum atomic E-state index is 0. The zero-order valence-corrected chi connectivity index (χ0v) is 16.0. The molecule has 0 unspecified atom stereocenters. The lowest BCUT2D eigenvalue weighted by Gasteiger charge is -2.22. The number of fused-ring (bicyclic) bond motifs is 1. The highest BCUT2D eigenvalue weighted by Crippen LogP contribution is 2.29. The Morgan fingerprint density at radius 2 is 1.68 bits per heavy atom. The first-order valence-corrected chi connectivity index (χ1v) is 8.80. The molecule has 2 aromatic carbocycles. The third kappa shape index (κ3) is 5.01. The van der Waals surface area contributed by atoms with Gasteiger partial charge in [-0.05, 0) is 31.8 Å². The van der Waals surface area contributed by atoms with Gasteiger partial charge in [0, 0.05) is 13.1 Å². The van der Waals surface area contributed by atoms with E-state index in [9.17, 15) is 4.79 Å². The quantitative estimate of drug-likeness (QED) is 0.656. The maximum absolute atomic E-state index is 12.9. The van der Waals surface area contributed by atoms with Crippen LogP contribution in [0.25, 0.3) is 10.2 Å². The average molecular weight is 376 g/mol. The van der Waals surface area contributed by atoms with Crippen LogP contribution in [0.15, 0.2) is 54.6 Å². The normalized spacial score (nSPS) is 10.7. The van der Waals surface area contributed by atoms with Crippen molar-refractivity contribution in [3.8, 4) is 0 Å². The Morgan fingerprint density at radius 1 is 1.00 bits per heavy atom. The molecule has 0 bridgehead atoms. The van der Waals surface area contributed by atoms with Gasteiger partial charge < -0.3 is 4.90 Å². The molecule has 0 N–H and O–H groups in total. The molecule has 0 atom stereocenters. The van der Waals surface area contributed by atoms with Gasteiger partial charge in [0.25, 0.3) is 0 Å².